The van der Waals surface area contributed by atoms with Gasteiger partial charge in [-0.3, -0.25) is 4.79 Å². The summed E-state index contributed by atoms with van der Waals surface area (Å²) in [7, 11) is 0. The van der Waals surface area contributed by atoms with Crippen LogP contribution in [0.25, 0.3) is 0 Å². The molecule has 1 unspecified atom stereocenters. The van der Waals surface area contributed by atoms with Gasteiger partial charge in [-0.15, -0.1) is 0 Å². The molecule has 1 saturated heterocycles. The summed E-state index contributed by atoms with van der Waals surface area (Å²) in [4.78, 5) is 14.5. The molecule has 3 rings (SSSR count). The van der Waals surface area contributed by atoms with Gasteiger partial charge >= 0.3 is 0 Å². The third kappa shape index (κ3) is 4.99. The highest BCUT2D eigenvalue weighted by atomic mass is 16.5. The highest BCUT2D eigenvalue weighted by molar-refractivity contribution is 5.99. The molecule has 6 heteroatoms. The lowest BCUT2D eigenvalue weighted by Gasteiger charge is -2.30. The Morgan fingerprint density at radius 3 is 2.78 bits per heavy atom. The van der Waals surface area contributed by atoms with E-state index in [1.165, 1.54) is 0 Å². The van der Waals surface area contributed by atoms with Crippen molar-refractivity contribution in [3.8, 4) is 11.8 Å². The van der Waals surface area contributed by atoms with Gasteiger partial charge in [-0.1, -0.05) is 12.1 Å². The third-order valence-electron chi connectivity index (χ3n) is 4.51. The Morgan fingerprint density at radius 1 is 1.26 bits per heavy atom. The number of piperidine rings is 1. The smallest absolute Gasteiger partial charge is 0.256 e. The quantitative estimate of drug-likeness (QED) is 0.769. The number of hydrogen-bond donors (Lipinski definition) is 2. The van der Waals surface area contributed by atoms with Crippen molar-refractivity contribution in [3.63, 3.8) is 0 Å². The van der Waals surface area contributed by atoms with Crippen molar-refractivity contribution in [2.45, 2.75) is 18.9 Å². The van der Waals surface area contributed by atoms with Gasteiger partial charge in [0.05, 0.1) is 23.3 Å². The van der Waals surface area contributed by atoms with Crippen molar-refractivity contribution in [2.75, 3.05) is 31.6 Å². The van der Waals surface area contributed by atoms with Gasteiger partial charge in [-0.25, -0.2) is 0 Å². The van der Waals surface area contributed by atoms with Crippen LogP contribution in [0.2, 0.25) is 0 Å². The SMILES string of the molecule is N#Cc1ccc(OCCNc2ccccc2C(=O)N2CCCC(O)C2)cc1. The minimum absolute atomic E-state index is 0.0649. The monoisotopic (exact) mass is 365 g/mol. The Hall–Kier alpha value is -3.04. The minimum Gasteiger partial charge on any atom is -0.492 e. The Balaban J connectivity index is 1.55. The Bertz CT molecular complexity index is 814. The second-order valence-electron chi connectivity index (χ2n) is 6.50. The number of aliphatic hydroxyl groups excluding tert-OH is 1. The maximum atomic E-state index is 12.8. The molecular formula is C21H23N3O3. The molecule has 1 heterocycles. The molecule has 2 aromatic rings. The number of anilines is 1. The van der Waals surface area contributed by atoms with Gasteiger partial charge in [0.25, 0.3) is 5.91 Å². The first-order chi connectivity index (χ1) is 13.2. The van der Waals surface area contributed by atoms with Crippen LogP contribution in [-0.4, -0.2) is 48.3 Å². The number of nitrogens with one attached hydrogen (secondary N) is 1. The van der Waals surface area contributed by atoms with Crippen molar-refractivity contribution in [2.24, 2.45) is 0 Å². The van der Waals surface area contributed by atoms with E-state index in [2.05, 4.69) is 11.4 Å². The fourth-order valence-corrected chi connectivity index (χ4v) is 3.11. The number of carbonyl (C=O) groups excluding carboxylic acids is 1. The molecule has 0 saturated carbocycles. The van der Waals surface area contributed by atoms with Crippen LogP contribution in [0.4, 0.5) is 5.69 Å². The second-order valence-corrected chi connectivity index (χ2v) is 6.50. The molecule has 2 N–H and O–H groups in total. The van der Waals surface area contributed by atoms with E-state index in [1.54, 1.807) is 35.2 Å². The van der Waals surface area contributed by atoms with E-state index in [-0.39, 0.29) is 5.91 Å². The zero-order valence-electron chi connectivity index (χ0n) is 15.1. The van der Waals surface area contributed by atoms with Gasteiger partial charge in [0, 0.05) is 25.3 Å². The summed E-state index contributed by atoms with van der Waals surface area (Å²) in [5, 5.41) is 21.9. The van der Waals surface area contributed by atoms with Crippen LogP contribution in [0, 0.1) is 11.3 Å². The number of likely N-dealkylation sites (tertiary alicyclic amines) is 1. The number of ether oxygens (including phenoxy) is 1. The van der Waals surface area contributed by atoms with Gasteiger partial charge in [0.2, 0.25) is 0 Å². The van der Waals surface area contributed by atoms with Gasteiger partial charge in [0.1, 0.15) is 12.4 Å². The molecule has 2 aromatic carbocycles. The average molecular weight is 365 g/mol. The number of carbonyl (C=O) groups is 1. The first-order valence-electron chi connectivity index (χ1n) is 9.10. The van der Waals surface area contributed by atoms with Crippen LogP contribution in [-0.2, 0) is 0 Å². The molecule has 1 atom stereocenters. The van der Waals surface area contributed by atoms with Crippen LogP contribution in [0.15, 0.2) is 48.5 Å². The standard InChI is InChI=1S/C21H23N3O3/c22-14-16-7-9-18(10-8-16)27-13-11-23-20-6-2-1-5-19(20)21(26)24-12-3-4-17(25)15-24/h1-2,5-10,17,23,25H,3-4,11-13,15H2. The number of nitriles is 1. The Kier molecular flexibility index (Phi) is 6.29. The highest BCUT2D eigenvalue weighted by Crippen LogP contribution is 2.20. The van der Waals surface area contributed by atoms with Crippen molar-refractivity contribution in [3.05, 3.63) is 59.7 Å². The lowest BCUT2D eigenvalue weighted by atomic mass is 10.1. The number of hydrogen-bond acceptors (Lipinski definition) is 5. The fraction of sp³-hybridized carbons (Fsp3) is 0.333. The zero-order chi connectivity index (χ0) is 19.1. The van der Waals surface area contributed by atoms with Gasteiger partial charge < -0.3 is 20.1 Å². The molecule has 1 aliphatic rings. The molecule has 0 spiro atoms. The number of β-amino-alcohol motifs (C(OH)–C–C–N with tert-alkyl or cyclic N) is 1. The van der Waals surface area contributed by atoms with E-state index in [0.29, 0.717) is 43.1 Å². The topological polar surface area (TPSA) is 85.6 Å². The largest absolute Gasteiger partial charge is 0.492 e. The molecule has 1 amide bonds. The van der Waals surface area contributed by atoms with Crippen LogP contribution in [0.1, 0.15) is 28.8 Å². The normalized spacial score (nSPS) is 16.4. The molecule has 6 nitrogen and oxygen atoms in total. The number of para-hydroxylation sites is 1. The number of amides is 1. The molecule has 0 aromatic heterocycles. The summed E-state index contributed by atoms with van der Waals surface area (Å²) in [6, 6.07) is 16.4. The van der Waals surface area contributed by atoms with E-state index >= 15 is 0 Å². The third-order valence-corrected chi connectivity index (χ3v) is 4.51. The summed E-state index contributed by atoms with van der Waals surface area (Å²) in [5.74, 6) is 0.632. The van der Waals surface area contributed by atoms with E-state index in [9.17, 15) is 9.90 Å². The fourth-order valence-electron chi connectivity index (χ4n) is 3.11. The summed E-state index contributed by atoms with van der Waals surface area (Å²) < 4.78 is 5.66. The number of benzene rings is 2. The number of rotatable bonds is 6. The Morgan fingerprint density at radius 2 is 2.04 bits per heavy atom. The first-order valence-corrected chi connectivity index (χ1v) is 9.10. The Labute approximate surface area is 159 Å². The van der Waals surface area contributed by atoms with Crippen LogP contribution in [0.5, 0.6) is 5.75 Å². The van der Waals surface area contributed by atoms with Crippen LogP contribution >= 0.6 is 0 Å². The number of aliphatic hydroxyl groups is 1. The molecule has 1 fully saturated rings. The maximum Gasteiger partial charge on any atom is 0.256 e. The van der Waals surface area contributed by atoms with Gasteiger partial charge in [-0.05, 0) is 49.2 Å². The summed E-state index contributed by atoms with van der Waals surface area (Å²) in [5.41, 5.74) is 1.95. The van der Waals surface area contributed by atoms with Gasteiger partial charge in [0.15, 0.2) is 0 Å². The molecular weight excluding hydrogens is 342 g/mol. The lowest BCUT2D eigenvalue weighted by molar-refractivity contribution is 0.0474. The zero-order valence-corrected chi connectivity index (χ0v) is 15.1. The summed E-state index contributed by atoms with van der Waals surface area (Å²) >= 11 is 0. The predicted octanol–water partition coefficient (Wildman–Crippen LogP) is 2.65. The number of nitrogens with zero attached hydrogens (tertiary/aromatic N) is 2. The second kappa shape index (κ2) is 9.06. The first kappa shape index (κ1) is 18.7. The van der Waals surface area contributed by atoms with E-state index in [0.717, 1.165) is 18.5 Å². The lowest BCUT2D eigenvalue weighted by Crippen LogP contribution is -2.42. The predicted molar refractivity (Wildman–Crippen MR) is 103 cm³/mol. The highest BCUT2D eigenvalue weighted by Gasteiger charge is 2.24. The van der Waals surface area contributed by atoms with Crippen molar-refractivity contribution < 1.29 is 14.6 Å². The van der Waals surface area contributed by atoms with E-state index in [1.807, 2.05) is 18.2 Å². The molecule has 1 aliphatic heterocycles. The molecule has 0 radical (unpaired) electrons. The maximum absolute atomic E-state index is 12.8. The summed E-state index contributed by atoms with van der Waals surface area (Å²) in [6.07, 6.45) is 1.13. The van der Waals surface area contributed by atoms with Crippen LogP contribution in [0.3, 0.4) is 0 Å². The van der Waals surface area contributed by atoms with Crippen molar-refractivity contribution >= 4 is 11.6 Å². The van der Waals surface area contributed by atoms with Crippen molar-refractivity contribution in [1.82, 2.24) is 4.90 Å². The van der Waals surface area contributed by atoms with Crippen LogP contribution < -0.4 is 10.1 Å². The molecule has 0 bridgehead atoms. The van der Waals surface area contributed by atoms with E-state index < -0.39 is 6.10 Å². The molecule has 0 aliphatic carbocycles. The van der Waals surface area contributed by atoms with Gasteiger partial charge in [-0.2, -0.15) is 5.26 Å². The molecule has 140 valence electrons. The molecule has 27 heavy (non-hydrogen) atoms. The van der Waals surface area contributed by atoms with E-state index in [4.69, 9.17) is 10.00 Å². The van der Waals surface area contributed by atoms with Crippen molar-refractivity contribution in [1.29, 1.82) is 5.26 Å². The minimum atomic E-state index is -0.441. The average Bonchev–Trinajstić information content (AvgIpc) is 2.71. The summed E-state index contributed by atoms with van der Waals surface area (Å²) in [6.45, 7) is 2.02.